The molecule has 8 nitrogen and oxygen atoms in total. The Hall–Kier alpha value is -3.52. The molecule has 2 aromatic rings. The first-order valence-corrected chi connectivity index (χ1v) is 8.61. The largest absolute Gasteiger partial charge is 0.409 e. The second kappa shape index (κ2) is 7.61. The molecule has 0 aromatic heterocycles. The van der Waals surface area contributed by atoms with E-state index in [4.69, 9.17) is 15.9 Å². The Kier molecular flexibility index (Phi) is 5.23. The normalized spacial score (nSPS) is 17.1. The average molecular weight is 379 g/mol. The predicted molar refractivity (Wildman–Crippen MR) is 108 cm³/mol. The molecule has 3 rings (SSSR count). The van der Waals surface area contributed by atoms with Crippen LogP contribution in [0.1, 0.15) is 25.0 Å². The summed E-state index contributed by atoms with van der Waals surface area (Å²) < 4.78 is 5.04. The highest BCUT2D eigenvalue weighted by Crippen LogP contribution is 2.24. The molecule has 2 aromatic carbocycles. The number of para-hydroxylation sites is 1. The molecule has 5 N–H and O–H groups in total. The standard InChI is InChI=1S/C20H21N5O3/c1-20(2,27)18(21)28-19(22)25-16-17(26)23-14-11-7-6-10-13(14)15(24-16)12-8-4-3-5-9-12/h3-11,16,21,27H,1-2H3,(H2,22,25)(H,23,26). The van der Waals surface area contributed by atoms with Crippen molar-refractivity contribution in [2.75, 3.05) is 5.32 Å². The van der Waals surface area contributed by atoms with E-state index in [1.54, 1.807) is 6.07 Å². The maximum absolute atomic E-state index is 12.6. The number of amides is 1. The molecule has 1 heterocycles. The molecule has 1 aliphatic rings. The van der Waals surface area contributed by atoms with Crippen LogP contribution in [0.5, 0.6) is 0 Å². The molecule has 0 saturated heterocycles. The maximum atomic E-state index is 12.6. The van der Waals surface area contributed by atoms with Gasteiger partial charge in [0.2, 0.25) is 12.1 Å². The number of hydrogen-bond acceptors (Lipinski definition) is 6. The van der Waals surface area contributed by atoms with Crippen molar-refractivity contribution in [2.45, 2.75) is 25.6 Å². The SMILES string of the molecule is CC(C)(O)C(=N)O/C(N)=N/C1N=C(c2ccccc2)c2ccccc2NC1=O. The topological polar surface area (TPSA) is 133 Å². The van der Waals surface area contributed by atoms with Gasteiger partial charge in [0.25, 0.3) is 11.9 Å². The number of anilines is 1. The number of benzodiazepines with no additional fused rings is 1. The zero-order valence-corrected chi connectivity index (χ0v) is 15.5. The highest BCUT2D eigenvalue weighted by Gasteiger charge is 2.27. The molecule has 1 unspecified atom stereocenters. The molecule has 0 spiro atoms. The Bertz CT molecular complexity index is 961. The Morgan fingerprint density at radius 3 is 2.54 bits per heavy atom. The first-order valence-electron chi connectivity index (χ1n) is 8.61. The van der Waals surface area contributed by atoms with Crippen LogP contribution in [-0.4, -0.2) is 40.4 Å². The number of rotatable bonds is 3. The van der Waals surface area contributed by atoms with Crippen LogP contribution >= 0.6 is 0 Å². The zero-order valence-electron chi connectivity index (χ0n) is 15.5. The Morgan fingerprint density at radius 2 is 1.86 bits per heavy atom. The summed E-state index contributed by atoms with van der Waals surface area (Å²) in [4.78, 5) is 21.1. The summed E-state index contributed by atoms with van der Waals surface area (Å²) in [6, 6.07) is 16.3. The predicted octanol–water partition coefficient (Wildman–Crippen LogP) is 1.88. The molecule has 1 aliphatic heterocycles. The molecular weight excluding hydrogens is 358 g/mol. The van der Waals surface area contributed by atoms with Crippen LogP contribution < -0.4 is 11.1 Å². The quantitative estimate of drug-likeness (QED) is 0.478. The zero-order chi connectivity index (χ0) is 20.3. The average Bonchev–Trinajstić information content (AvgIpc) is 2.78. The van der Waals surface area contributed by atoms with Gasteiger partial charge in [0, 0.05) is 11.1 Å². The van der Waals surface area contributed by atoms with E-state index in [-0.39, 0.29) is 0 Å². The van der Waals surface area contributed by atoms with Crippen molar-refractivity contribution in [3.05, 3.63) is 65.7 Å². The minimum atomic E-state index is -1.53. The lowest BCUT2D eigenvalue weighted by Gasteiger charge is -2.18. The van der Waals surface area contributed by atoms with Gasteiger partial charge in [0.15, 0.2) is 0 Å². The highest BCUT2D eigenvalue weighted by molar-refractivity contribution is 6.19. The van der Waals surface area contributed by atoms with Gasteiger partial charge in [-0.25, -0.2) is 4.99 Å². The van der Waals surface area contributed by atoms with Gasteiger partial charge in [-0.1, -0.05) is 48.5 Å². The van der Waals surface area contributed by atoms with Crippen molar-refractivity contribution in [3.8, 4) is 0 Å². The second-order valence-electron chi connectivity index (χ2n) is 6.71. The Morgan fingerprint density at radius 1 is 1.21 bits per heavy atom. The van der Waals surface area contributed by atoms with Gasteiger partial charge >= 0.3 is 0 Å². The van der Waals surface area contributed by atoms with Crippen LogP contribution in [0.2, 0.25) is 0 Å². The van der Waals surface area contributed by atoms with Crippen LogP contribution in [-0.2, 0) is 9.53 Å². The summed E-state index contributed by atoms with van der Waals surface area (Å²) >= 11 is 0. The van der Waals surface area contributed by atoms with Gasteiger partial charge in [-0.15, -0.1) is 0 Å². The van der Waals surface area contributed by atoms with Crippen molar-refractivity contribution in [1.82, 2.24) is 0 Å². The first kappa shape index (κ1) is 19.2. The van der Waals surface area contributed by atoms with E-state index >= 15 is 0 Å². The third-order valence-electron chi connectivity index (χ3n) is 3.98. The fraction of sp³-hybridized carbons (Fsp3) is 0.200. The fourth-order valence-electron chi connectivity index (χ4n) is 2.54. The smallest absolute Gasteiger partial charge is 0.291 e. The lowest BCUT2D eigenvalue weighted by atomic mass is 10.0. The van der Waals surface area contributed by atoms with Gasteiger partial charge in [-0.05, 0) is 19.9 Å². The van der Waals surface area contributed by atoms with E-state index in [1.165, 1.54) is 13.8 Å². The molecule has 8 heteroatoms. The van der Waals surface area contributed by atoms with E-state index in [0.29, 0.717) is 11.4 Å². The summed E-state index contributed by atoms with van der Waals surface area (Å²) in [6.45, 7) is 2.76. The van der Waals surface area contributed by atoms with Crippen molar-refractivity contribution >= 4 is 29.2 Å². The number of ether oxygens (including phenoxy) is 1. The van der Waals surface area contributed by atoms with Crippen LogP contribution in [0, 0.1) is 5.41 Å². The van der Waals surface area contributed by atoms with Gasteiger partial charge in [-0.3, -0.25) is 10.2 Å². The molecule has 1 atom stereocenters. The van der Waals surface area contributed by atoms with Gasteiger partial charge in [0.1, 0.15) is 5.60 Å². The van der Waals surface area contributed by atoms with Crippen molar-refractivity contribution in [2.24, 2.45) is 15.7 Å². The molecule has 1 amide bonds. The molecule has 0 radical (unpaired) electrons. The Labute approximate surface area is 162 Å². The molecular formula is C20H21N5O3. The molecule has 0 fully saturated rings. The molecule has 0 saturated carbocycles. The third kappa shape index (κ3) is 4.24. The number of nitrogens with zero attached hydrogens (tertiary/aromatic N) is 2. The number of benzene rings is 2. The Balaban J connectivity index is 2.02. The number of aliphatic imine (C=N–C) groups is 2. The van der Waals surface area contributed by atoms with E-state index in [0.717, 1.165) is 11.1 Å². The summed E-state index contributed by atoms with van der Waals surface area (Å²) in [5.41, 5.74) is 6.96. The number of aliphatic hydroxyl groups is 1. The number of amidine groups is 1. The van der Waals surface area contributed by atoms with E-state index in [9.17, 15) is 9.90 Å². The molecule has 0 bridgehead atoms. The lowest BCUT2D eigenvalue weighted by Crippen LogP contribution is -2.37. The first-order chi connectivity index (χ1) is 13.3. The lowest BCUT2D eigenvalue weighted by molar-refractivity contribution is -0.117. The number of fused-ring (bicyclic) bond motifs is 1. The monoisotopic (exact) mass is 379 g/mol. The van der Waals surface area contributed by atoms with Crippen LogP contribution in [0.25, 0.3) is 0 Å². The highest BCUT2D eigenvalue weighted by atomic mass is 16.5. The van der Waals surface area contributed by atoms with Gasteiger partial charge in [-0.2, -0.15) is 4.99 Å². The maximum Gasteiger partial charge on any atom is 0.291 e. The van der Waals surface area contributed by atoms with Crippen molar-refractivity contribution in [3.63, 3.8) is 0 Å². The summed E-state index contributed by atoms with van der Waals surface area (Å²) in [6.07, 6.45) is -1.21. The summed E-state index contributed by atoms with van der Waals surface area (Å²) in [5, 5.41) is 20.3. The number of nitrogens with two attached hydrogens (primary N) is 1. The van der Waals surface area contributed by atoms with Gasteiger partial charge in [0.05, 0.1) is 11.4 Å². The van der Waals surface area contributed by atoms with E-state index < -0.39 is 29.6 Å². The summed E-state index contributed by atoms with van der Waals surface area (Å²) in [5.74, 6) is -0.974. The van der Waals surface area contributed by atoms with Crippen LogP contribution in [0.3, 0.4) is 0 Å². The van der Waals surface area contributed by atoms with Gasteiger partial charge < -0.3 is 20.9 Å². The number of carbonyl (C=O) groups is 1. The van der Waals surface area contributed by atoms with E-state index in [1.807, 2.05) is 48.5 Å². The fourth-order valence-corrected chi connectivity index (χ4v) is 2.54. The molecule has 0 aliphatic carbocycles. The molecule has 144 valence electrons. The molecule has 28 heavy (non-hydrogen) atoms. The number of hydrogen-bond donors (Lipinski definition) is 4. The number of nitrogens with one attached hydrogen (secondary N) is 2. The minimum Gasteiger partial charge on any atom is -0.409 e. The second-order valence-corrected chi connectivity index (χ2v) is 6.71. The van der Waals surface area contributed by atoms with Crippen LogP contribution in [0.4, 0.5) is 5.69 Å². The van der Waals surface area contributed by atoms with Crippen molar-refractivity contribution < 1.29 is 14.6 Å². The minimum absolute atomic E-state index is 0.436. The third-order valence-corrected chi connectivity index (χ3v) is 3.98. The van der Waals surface area contributed by atoms with Crippen LogP contribution in [0.15, 0.2) is 64.6 Å². The van der Waals surface area contributed by atoms with E-state index in [2.05, 4.69) is 15.3 Å². The number of carbonyl (C=O) groups excluding carboxylic acids is 1. The summed E-state index contributed by atoms with van der Waals surface area (Å²) in [7, 11) is 0. The van der Waals surface area contributed by atoms with Crippen molar-refractivity contribution in [1.29, 1.82) is 5.41 Å².